The first kappa shape index (κ1) is 8.79. The maximum Gasteiger partial charge on any atom is 0.492 e. The summed E-state index contributed by atoms with van der Waals surface area (Å²) < 4.78 is 5.35. The van der Waals surface area contributed by atoms with Crippen molar-refractivity contribution < 1.29 is 9.68 Å². The molecule has 0 aliphatic carbocycles. The fourth-order valence-corrected chi connectivity index (χ4v) is 2.05. The number of aryl methyl sites for hydroxylation is 2. The van der Waals surface area contributed by atoms with E-state index in [9.17, 15) is 5.02 Å². The lowest BCUT2D eigenvalue weighted by Gasteiger charge is -2.08. The molecule has 0 bridgehead atoms. The van der Waals surface area contributed by atoms with Gasteiger partial charge >= 0.3 is 7.12 Å². The van der Waals surface area contributed by atoms with Gasteiger partial charge in [-0.1, -0.05) is 17.7 Å². The Hall–Kier alpha value is -0.795. The summed E-state index contributed by atoms with van der Waals surface area (Å²) in [4.78, 5) is 0. The van der Waals surface area contributed by atoms with Crippen LogP contribution in [0.4, 0.5) is 0 Å². The van der Waals surface area contributed by atoms with Gasteiger partial charge in [0.1, 0.15) is 0 Å². The van der Waals surface area contributed by atoms with Crippen molar-refractivity contribution in [3.05, 3.63) is 28.8 Å². The van der Waals surface area contributed by atoms with Crippen molar-refractivity contribution in [1.29, 1.82) is 0 Å². The molecule has 0 aromatic heterocycles. The second kappa shape index (κ2) is 2.86. The van der Waals surface area contributed by atoms with Crippen LogP contribution in [0.1, 0.15) is 29.7 Å². The molecule has 1 heterocycles. The van der Waals surface area contributed by atoms with Gasteiger partial charge in [-0.25, -0.2) is 0 Å². The maximum atomic E-state index is 9.63. The Morgan fingerprint density at radius 1 is 1.31 bits per heavy atom. The number of hydrogen-bond donors (Lipinski definition) is 1. The van der Waals surface area contributed by atoms with Crippen LogP contribution >= 0.6 is 0 Å². The Bertz CT molecular complexity index is 316. The molecule has 0 fully saturated rings. The van der Waals surface area contributed by atoms with Crippen molar-refractivity contribution in [2.45, 2.75) is 26.9 Å². The summed E-state index contributed by atoms with van der Waals surface area (Å²) in [7, 11) is -0.732. The molecular weight excluding hydrogens is 163 g/mol. The fraction of sp³-hybridized carbons (Fsp3) is 0.400. The summed E-state index contributed by atoms with van der Waals surface area (Å²) in [6.45, 7) is 6.03. The van der Waals surface area contributed by atoms with Gasteiger partial charge in [-0.3, -0.25) is 0 Å². The molecule has 1 aliphatic heterocycles. The van der Waals surface area contributed by atoms with Crippen LogP contribution < -0.4 is 5.46 Å². The summed E-state index contributed by atoms with van der Waals surface area (Å²) >= 11 is 0. The first-order valence-electron chi connectivity index (χ1n) is 4.54. The van der Waals surface area contributed by atoms with Crippen molar-refractivity contribution in [3.8, 4) is 0 Å². The predicted molar refractivity (Wildman–Crippen MR) is 53.0 cm³/mol. The molecule has 1 aliphatic rings. The van der Waals surface area contributed by atoms with Crippen molar-refractivity contribution in [1.82, 2.24) is 0 Å². The molecule has 13 heavy (non-hydrogen) atoms. The highest BCUT2D eigenvalue weighted by Gasteiger charge is 2.34. The van der Waals surface area contributed by atoms with Crippen molar-refractivity contribution in [3.63, 3.8) is 0 Å². The minimum atomic E-state index is -0.732. The van der Waals surface area contributed by atoms with Crippen LogP contribution in [0, 0.1) is 13.8 Å². The fourth-order valence-electron chi connectivity index (χ4n) is 2.05. The lowest BCUT2D eigenvalue weighted by atomic mass is 9.75. The summed E-state index contributed by atoms with van der Waals surface area (Å²) in [5.74, 6) is 0. The van der Waals surface area contributed by atoms with Crippen LogP contribution in [0.25, 0.3) is 0 Å². The minimum absolute atomic E-state index is 0.0184. The highest BCUT2D eigenvalue weighted by molar-refractivity contribution is 6.62. The second-order valence-electron chi connectivity index (χ2n) is 3.66. The zero-order valence-corrected chi connectivity index (χ0v) is 8.16. The van der Waals surface area contributed by atoms with Crippen LogP contribution in [0.5, 0.6) is 0 Å². The van der Waals surface area contributed by atoms with Crippen LogP contribution in [0.3, 0.4) is 0 Å². The smallest absolute Gasteiger partial charge is 0.423 e. The third-order valence-corrected chi connectivity index (χ3v) is 2.71. The lowest BCUT2D eigenvalue weighted by molar-refractivity contribution is 0.208. The average molecular weight is 176 g/mol. The Morgan fingerprint density at radius 2 is 1.92 bits per heavy atom. The number of hydrogen-bond acceptors (Lipinski definition) is 2. The molecule has 1 N–H and O–H groups in total. The van der Waals surface area contributed by atoms with E-state index in [2.05, 4.69) is 13.0 Å². The van der Waals surface area contributed by atoms with Gasteiger partial charge in [0.15, 0.2) is 0 Å². The van der Waals surface area contributed by atoms with E-state index in [-0.39, 0.29) is 6.10 Å². The van der Waals surface area contributed by atoms with Gasteiger partial charge in [0.2, 0.25) is 0 Å². The third kappa shape index (κ3) is 1.19. The van der Waals surface area contributed by atoms with E-state index in [1.54, 1.807) is 0 Å². The summed E-state index contributed by atoms with van der Waals surface area (Å²) in [6, 6.07) is 4.10. The molecule has 2 rings (SSSR count). The molecule has 0 unspecified atom stereocenters. The Morgan fingerprint density at radius 3 is 2.54 bits per heavy atom. The van der Waals surface area contributed by atoms with Crippen LogP contribution in [0.2, 0.25) is 0 Å². The summed E-state index contributed by atoms with van der Waals surface area (Å²) in [6.07, 6.45) is 0.0184. The molecule has 0 saturated carbocycles. The van der Waals surface area contributed by atoms with Gasteiger partial charge in [0, 0.05) is 0 Å². The molecule has 1 atom stereocenters. The van der Waals surface area contributed by atoms with Crippen molar-refractivity contribution in [2.75, 3.05) is 0 Å². The normalized spacial score (nSPS) is 20.6. The van der Waals surface area contributed by atoms with Crippen molar-refractivity contribution in [2.24, 2.45) is 0 Å². The molecule has 1 aromatic carbocycles. The number of rotatable bonds is 0. The molecule has 1 aromatic rings. The van der Waals surface area contributed by atoms with E-state index >= 15 is 0 Å². The molecule has 0 spiro atoms. The largest absolute Gasteiger partial charge is 0.492 e. The Balaban J connectivity index is 2.67. The van der Waals surface area contributed by atoms with E-state index in [0.717, 1.165) is 16.6 Å². The maximum absolute atomic E-state index is 9.63. The van der Waals surface area contributed by atoms with E-state index < -0.39 is 7.12 Å². The van der Waals surface area contributed by atoms with Gasteiger partial charge < -0.3 is 9.68 Å². The lowest BCUT2D eigenvalue weighted by Crippen LogP contribution is -2.30. The van der Waals surface area contributed by atoms with Gasteiger partial charge in [-0.2, -0.15) is 0 Å². The first-order chi connectivity index (χ1) is 6.11. The van der Waals surface area contributed by atoms with Crippen molar-refractivity contribution >= 4 is 12.6 Å². The van der Waals surface area contributed by atoms with Gasteiger partial charge in [0.05, 0.1) is 6.10 Å². The zero-order valence-electron chi connectivity index (χ0n) is 8.16. The van der Waals surface area contributed by atoms with E-state index in [4.69, 9.17) is 4.65 Å². The summed E-state index contributed by atoms with van der Waals surface area (Å²) in [5, 5.41) is 9.63. The molecule has 2 nitrogen and oxygen atoms in total. The Labute approximate surface area is 78.7 Å². The Kier molecular flexibility index (Phi) is 1.93. The van der Waals surface area contributed by atoms with Crippen LogP contribution in [-0.4, -0.2) is 12.1 Å². The highest BCUT2D eigenvalue weighted by atomic mass is 16.5. The standard InChI is InChI=1S/C10H13BO2/c1-6-4-5-7(2)10-9(6)8(3)13-11(10)12/h4-5,8,12H,1-3H3/t8-/m1/s1. The minimum Gasteiger partial charge on any atom is -0.423 e. The first-order valence-corrected chi connectivity index (χ1v) is 4.54. The molecule has 0 saturated heterocycles. The highest BCUT2D eigenvalue weighted by Crippen LogP contribution is 2.26. The quantitative estimate of drug-likeness (QED) is 0.599. The second-order valence-corrected chi connectivity index (χ2v) is 3.66. The van der Waals surface area contributed by atoms with Crippen LogP contribution in [-0.2, 0) is 4.65 Å². The predicted octanol–water partition coefficient (Wildman–Crippen LogP) is 1.08. The SMILES string of the molecule is Cc1ccc(C)c2c1B(O)O[C@@H]2C. The molecule has 0 radical (unpaired) electrons. The molecule has 0 amide bonds. The topological polar surface area (TPSA) is 29.5 Å². The molecule has 68 valence electrons. The third-order valence-electron chi connectivity index (χ3n) is 2.71. The van der Waals surface area contributed by atoms with E-state index in [0.29, 0.717) is 0 Å². The van der Waals surface area contributed by atoms with Gasteiger partial charge in [-0.15, -0.1) is 0 Å². The van der Waals surface area contributed by atoms with E-state index in [1.165, 1.54) is 5.56 Å². The van der Waals surface area contributed by atoms with E-state index in [1.807, 2.05) is 19.9 Å². The summed E-state index contributed by atoms with van der Waals surface area (Å²) in [5.41, 5.74) is 4.43. The molecule has 3 heteroatoms. The number of benzene rings is 1. The van der Waals surface area contributed by atoms with Gasteiger partial charge in [-0.05, 0) is 37.4 Å². The van der Waals surface area contributed by atoms with Gasteiger partial charge in [0.25, 0.3) is 0 Å². The molecular formula is C10H13BO2. The average Bonchev–Trinajstić information content (AvgIpc) is 2.36. The zero-order chi connectivity index (χ0) is 9.59. The van der Waals surface area contributed by atoms with Crippen LogP contribution in [0.15, 0.2) is 12.1 Å². The number of fused-ring (bicyclic) bond motifs is 1. The monoisotopic (exact) mass is 176 g/mol.